The Labute approximate surface area is 71.6 Å². The Morgan fingerprint density at radius 3 is 3.17 bits per heavy atom. The summed E-state index contributed by atoms with van der Waals surface area (Å²) in [7, 11) is 0. The van der Waals surface area contributed by atoms with E-state index in [-0.39, 0.29) is 11.9 Å². The van der Waals surface area contributed by atoms with Gasteiger partial charge in [-0.3, -0.25) is 4.79 Å². The molecule has 0 radical (unpaired) electrons. The van der Waals surface area contributed by atoms with Gasteiger partial charge in [-0.05, 0) is 0 Å². The fourth-order valence-corrected chi connectivity index (χ4v) is 1.05. The lowest BCUT2D eigenvalue weighted by Gasteiger charge is -2.22. The van der Waals surface area contributed by atoms with Gasteiger partial charge in [0.15, 0.2) is 0 Å². The quantitative estimate of drug-likeness (QED) is 0.463. The lowest BCUT2D eigenvalue weighted by molar-refractivity contribution is -0.125. The molecule has 1 unspecified atom stereocenters. The van der Waals surface area contributed by atoms with Crippen molar-refractivity contribution in [2.75, 3.05) is 32.8 Å². The van der Waals surface area contributed by atoms with Crippen LogP contribution in [0.2, 0.25) is 0 Å². The first-order valence-electron chi connectivity index (χ1n) is 4.13. The van der Waals surface area contributed by atoms with E-state index in [2.05, 4.69) is 10.6 Å². The minimum atomic E-state index is -0.203. The van der Waals surface area contributed by atoms with Gasteiger partial charge in [0.2, 0.25) is 5.91 Å². The minimum absolute atomic E-state index is 0.0276. The molecule has 12 heavy (non-hydrogen) atoms. The molecule has 1 saturated heterocycles. The van der Waals surface area contributed by atoms with Crippen LogP contribution in [0.3, 0.4) is 0 Å². The maximum atomic E-state index is 11.2. The average Bonchev–Trinajstić information content (AvgIpc) is 2.15. The maximum Gasteiger partial charge on any atom is 0.239 e. The molecule has 5 heteroatoms. The lowest BCUT2D eigenvalue weighted by atomic mass is 10.2. The Kier molecular flexibility index (Phi) is 3.99. The second-order valence-electron chi connectivity index (χ2n) is 2.66. The summed E-state index contributed by atoms with van der Waals surface area (Å²) in [5.74, 6) is -0.0276. The minimum Gasteiger partial charge on any atom is -0.378 e. The molecule has 0 aromatic heterocycles. The summed E-state index contributed by atoms with van der Waals surface area (Å²) in [4.78, 5) is 11.2. The number of carbonyl (C=O) groups is 1. The summed E-state index contributed by atoms with van der Waals surface area (Å²) < 4.78 is 5.13. The molecule has 0 aliphatic carbocycles. The van der Waals surface area contributed by atoms with Gasteiger partial charge < -0.3 is 21.1 Å². The third-order valence-corrected chi connectivity index (χ3v) is 1.68. The van der Waals surface area contributed by atoms with Crippen LogP contribution in [0, 0.1) is 0 Å². The van der Waals surface area contributed by atoms with Gasteiger partial charge in [-0.25, -0.2) is 0 Å². The third-order valence-electron chi connectivity index (χ3n) is 1.68. The third kappa shape index (κ3) is 2.77. The molecule has 70 valence electrons. The number of nitrogens with one attached hydrogen (secondary N) is 2. The molecule has 0 spiro atoms. The van der Waals surface area contributed by atoms with Crippen molar-refractivity contribution in [1.29, 1.82) is 0 Å². The molecule has 1 aliphatic rings. The summed E-state index contributed by atoms with van der Waals surface area (Å²) in [6, 6.07) is -0.203. The van der Waals surface area contributed by atoms with Crippen LogP contribution < -0.4 is 16.4 Å². The Morgan fingerprint density at radius 1 is 1.75 bits per heavy atom. The number of amides is 1. The number of morpholine rings is 1. The summed E-state index contributed by atoms with van der Waals surface area (Å²) in [6.07, 6.45) is 0. The molecular weight excluding hydrogens is 158 g/mol. The lowest BCUT2D eigenvalue weighted by Crippen LogP contribution is -2.51. The SMILES string of the molecule is NCCNC(=O)C1COCCN1. The van der Waals surface area contributed by atoms with Crippen LogP contribution in [0.1, 0.15) is 0 Å². The van der Waals surface area contributed by atoms with Crippen molar-refractivity contribution in [3.63, 3.8) is 0 Å². The van der Waals surface area contributed by atoms with Gasteiger partial charge in [-0.1, -0.05) is 0 Å². The van der Waals surface area contributed by atoms with Crippen molar-refractivity contribution in [2.24, 2.45) is 5.73 Å². The molecule has 1 amide bonds. The molecule has 5 nitrogen and oxygen atoms in total. The van der Waals surface area contributed by atoms with Gasteiger partial charge in [0.1, 0.15) is 6.04 Å². The summed E-state index contributed by atoms with van der Waals surface area (Å²) in [6.45, 7) is 2.87. The highest BCUT2D eigenvalue weighted by Gasteiger charge is 2.19. The molecule has 1 fully saturated rings. The fourth-order valence-electron chi connectivity index (χ4n) is 1.05. The highest BCUT2D eigenvalue weighted by atomic mass is 16.5. The van der Waals surface area contributed by atoms with E-state index in [9.17, 15) is 4.79 Å². The van der Waals surface area contributed by atoms with Crippen LogP contribution in [-0.2, 0) is 9.53 Å². The molecular formula is C7H15N3O2. The number of carbonyl (C=O) groups excluding carboxylic acids is 1. The first kappa shape index (κ1) is 9.44. The van der Waals surface area contributed by atoms with Gasteiger partial charge in [0.25, 0.3) is 0 Å². The van der Waals surface area contributed by atoms with E-state index in [4.69, 9.17) is 10.5 Å². The number of nitrogens with two attached hydrogens (primary N) is 1. The zero-order chi connectivity index (χ0) is 8.81. The van der Waals surface area contributed by atoms with Crippen LogP contribution in [-0.4, -0.2) is 44.8 Å². The fraction of sp³-hybridized carbons (Fsp3) is 0.857. The predicted molar refractivity (Wildman–Crippen MR) is 44.7 cm³/mol. The van der Waals surface area contributed by atoms with Crippen molar-refractivity contribution in [1.82, 2.24) is 10.6 Å². The van der Waals surface area contributed by atoms with E-state index in [1.807, 2.05) is 0 Å². The molecule has 1 rings (SSSR count). The van der Waals surface area contributed by atoms with Crippen LogP contribution in [0.4, 0.5) is 0 Å². The van der Waals surface area contributed by atoms with Crippen molar-refractivity contribution in [3.05, 3.63) is 0 Å². The monoisotopic (exact) mass is 173 g/mol. The van der Waals surface area contributed by atoms with Gasteiger partial charge in [0.05, 0.1) is 13.2 Å². The van der Waals surface area contributed by atoms with Gasteiger partial charge >= 0.3 is 0 Å². The first-order valence-corrected chi connectivity index (χ1v) is 4.13. The van der Waals surface area contributed by atoms with E-state index >= 15 is 0 Å². The Balaban J connectivity index is 2.20. The zero-order valence-electron chi connectivity index (χ0n) is 7.01. The van der Waals surface area contributed by atoms with Gasteiger partial charge in [0, 0.05) is 19.6 Å². The topological polar surface area (TPSA) is 76.4 Å². The van der Waals surface area contributed by atoms with E-state index in [1.54, 1.807) is 0 Å². The highest BCUT2D eigenvalue weighted by Crippen LogP contribution is 1.91. The normalized spacial score (nSPS) is 23.6. The molecule has 0 aromatic carbocycles. The summed E-state index contributed by atoms with van der Waals surface area (Å²) in [5, 5.41) is 5.75. The summed E-state index contributed by atoms with van der Waals surface area (Å²) >= 11 is 0. The van der Waals surface area contributed by atoms with Crippen LogP contribution in [0.5, 0.6) is 0 Å². The Bertz CT molecular complexity index is 146. The van der Waals surface area contributed by atoms with Crippen LogP contribution in [0.15, 0.2) is 0 Å². The molecule has 1 heterocycles. The second kappa shape index (κ2) is 5.08. The number of rotatable bonds is 3. The average molecular weight is 173 g/mol. The number of hydrogen-bond donors (Lipinski definition) is 3. The first-order chi connectivity index (χ1) is 5.84. The predicted octanol–water partition coefficient (Wildman–Crippen LogP) is -1.95. The van der Waals surface area contributed by atoms with E-state index in [0.717, 1.165) is 6.54 Å². The Hall–Kier alpha value is -0.650. The molecule has 4 N–H and O–H groups in total. The largest absolute Gasteiger partial charge is 0.378 e. The molecule has 0 saturated carbocycles. The molecule has 1 aliphatic heterocycles. The molecule has 1 atom stereocenters. The van der Waals surface area contributed by atoms with Crippen LogP contribution >= 0.6 is 0 Å². The highest BCUT2D eigenvalue weighted by molar-refractivity contribution is 5.81. The van der Waals surface area contributed by atoms with Crippen LogP contribution in [0.25, 0.3) is 0 Å². The smallest absolute Gasteiger partial charge is 0.239 e. The van der Waals surface area contributed by atoms with Crippen molar-refractivity contribution < 1.29 is 9.53 Å². The van der Waals surface area contributed by atoms with E-state index in [0.29, 0.717) is 26.3 Å². The van der Waals surface area contributed by atoms with Gasteiger partial charge in [-0.15, -0.1) is 0 Å². The van der Waals surface area contributed by atoms with Gasteiger partial charge in [-0.2, -0.15) is 0 Å². The zero-order valence-corrected chi connectivity index (χ0v) is 7.01. The van der Waals surface area contributed by atoms with Crippen molar-refractivity contribution >= 4 is 5.91 Å². The van der Waals surface area contributed by atoms with E-state index in [1.165, 1.54) is 0 Å². The number of ether oxygens (including phenoxy) is 1. The second-order valence-corrected chi connectivity index (χ2v) is 2.66. The molecule has 0 bridgehead atoms. The standard InChI is InChI=1S/C7H15N3O2/c8-1-2-10-7(11)6-5-12-4-3-9-6/h6,9H,1-5,8H2,(H,10,11). The summed E-state index contributed by atoms with van der Waals surface area (Å²) in [5.41, 5.74) is 5.24. The van der Waals surface area contributed by atoms with E-state index < -0.39 is 0 Å². The Morgan fingerprint density at radius 2 is 2.58 bits per heavy atom. The van der Waals surface area contributed by atoms with Crippen molar-refractivity contribution in [3.8, 4) is 0 Å². The maximum absolute atomic E-state index is 11.2. The molecule has 0 aromatic rings. The van der Waals surface area contributed by atoms with Crippen molar-refractivity contribution in [2.45, 2.75) is 6.04 Å². The number of hydrogen-bond acceptors (Lipinski definition) is 4.